The lowest BCUT2D eigenvalue weighted by molar-refractivity contribution is -0.236. The second kappa shape index (κ2) is 8.35. The molecule has 0 aromatic heterocycles. The zero-order valence-corrected chi connectivity index (χ0v) is 17.9. The van der Waals surface area contributed by atoms with E-state index in [2.05, 4.69) is 0 Å². The topological polar surface area (TPSA) is 88.4 Å². The lowest BCUT2D eigenvalue weighted by atomic mass is 9.89. The molecule has 1 spiro atoms. The number of aliphatic hydroxyl groups excluding tert-OH is 3. The molecule has 2 aromatic carbocycles. The van der Waals surface area contributed by atoms with Gasteiger partial charge in [0, 0.05) is 11.4 Å². The predicted octanol–water partition coefficient (Wildman–Crippen LogP) is 2.79. The predicted molar refractivity (Wildman–Crippen MR) is 114 cm³/mol. The van der Waals surface area contributed by atoms with Crippen LogP contribution in [0.3, 0.4) is 0 Å². The van der Waals surface area contributed by atoms with Gasteiger partial charge in [-0.05, 0) is 54.2 Å². The largest absolute Gasteiger partial charge is 0.488 e. The van der Waals surface area contributed by atoms with Crippen LogP contribution in [0, 0.1) is 0 Å². The van der Waals surface area contributed by atoms with Crippen molar-refractivity contribution in [1.82, 2.24) is 0 Å². The Morgan fingerprint density at radius 1 is 1.03 bits per heavy atom. The summed E-state index contributed by atoms with van der Waals surface area (Å²) in [5, 5.41) is 31.7. The van der Waals surface area contributed by atoms with Gasteiger partial charge in [0.1, 0.15) is 36.3 Å². The van der Waals surface area contributed by atoms with E-state index >= 15 is 0 Å². The molecule has 5 atom stereocenters. The first-order valence-corrected chi connectivity index (χ1v) is 11.2. The fraction of sp³-hybridized carbons (Fsp3) is 0.500. The van der Waals surface area contributed by atoms with Crippen LogP contribution < -0.4 is 4.74 Å². The second-order valence-electron chi connectivity index (χ2n) is 8.80. The van der Waals surface area contributed by atoms with Crippen LogP contribution in [0.15, 0.2) is 42.5 Å². The normalized spacial score (nSPS) is 31.7. The summed E-state index contributed by atoms with van der Waals surface area (Å²) in [4.78, 5) is 0. The van der Waals surface area contributed by atoms with Crippen molar-refractivity contribution < 1.29 is 29.5 Å². The number of rotatable bonds is 5. The smallest absolute Gasteiger partial charge is 0.124 e. The van der Waals surface area contributed by atoms with Crippen molar-refractivity contribution in [2.45, 2.75) is 61.8 Å². The molecule has 3 N–H and O–H groups in total. The number of hydrogen-bond donors (Lipinski definition) is 3. The van der Waals surface area contributed by atoms with Gasteiger partial charge in [0.2, 0.25) is 0 Å². The first-order valence-electron chi connectivity index (χ1n) is 10.8. The molecule has 5 rings (SSSR count). The minimum Gasteiger partial charge on any atom is -0.488 e. The zero-order chi connectivity index (χ0) is 21.6. The minimum atomic E-state index is -1.24. The molecule has 2 heterocycles. The van der Waals surface area contributed by atoms with Crippen molar-refractivity contribution in [2.75, 3.05) is 13.2 Å². The Morgan fingerprint density at radius 3 is 2.48 bits per heavy atom. The number of aliphatic hydroxyl groups is 3. The van der Waals surface area contributed by atoms with Crippen LogP contribution in [0.5, 0.6) is 5.75 Å². The van der Waals surface area contributed by atoms with Crippen LogP contribution in [0.2, 0.25) is 5.02 Å². The molecule has 31 heavy (non-hydrogen) atoms. The quantitative estimate of drug-likeness (QED) is 0.654. The molecule has 0 bridgehead atoms. The van der Waals surface area contributed by atoms with E-state index in [1.807, 2.05) is 30.3 Å². The van der Waals surface area contributed by atoms with Gasteiger partial charge in [0.25, 0.3) is 0 Å². The Labute approximate surface area is 186 Å². The lowest BCUT2D eigenvalue weighted by Gasteiger charge is -2.41. The average molecular weight is 447 g/mol. The first kappa shape index (κ1) is 21.2. The molecule has 0 amide bonds. The summed E-state index contributed by atoms with van der Waals surface area (Å²) in [7, 11) is 0. The summed E-state index contributed by atoms with van der Waals surface area (Å²) in [5.41, 5.74) is 1.97. The summed E-state index contributed by atoms with van der Waals surface area (Å²) in [6, 6.07) is 13.4. The van der Waals surface area contributed by atoms with E-state index in [4.69, 9.17) is 25.8 Å². The molecule has 2 saturated heterocycles. The first-order chi connectivity index (χ1) is 14.9. The molecule has 6 nitrogen and oxygen atoms in total. The highest BCUT2D eigenvalue weighted by atomic mass is 35.5. The van der Waals surface area contributed by atoms with Crippen molar-refractivity contribution >= 4 is 11.6 Å². The van der Waals surface area contributed by atoms with E-state index in [-0.39, 0.29) is 6.10 Å². The maximum atomic E-state index is 10.5. The molecule has 0 radical (unpaired) electrons. The number of hydrogen-bond acceptors (Lipinski definition) is 6. The monoisotopic (exact) mass is 446 g/mol. The highest BCUT2D eigenvalue weighted by Gasteiger charge is 2.60. The Kier molecular flexibility index (Phi) is 5.71. The van der Waals surface area contributed by atoms with Gasteiger partial charge in [-0.25, -0.2) is 0 Å². The Bertz CT molecular complexity index is 922. The molecule has 2 aliphatic heterocycles. The van der Waals surface area contributed by atoms with Crippen molar-refractivity contribution in [3.05, 3.63) is 64.2 Å². The van der Waals surface area contributed by atoms with Crippen LogP contribution in [-0.4, -0.2) is 58.6 Å². The van der Waals surface area contributed by atoms with E-state index in [1.54, 1.807) is 12.1 Å². The van der Waals surface area contributed by atoms with E-state index < -0.39 is 30.0 Å². The Morgan fingerprint density at radius 2 is 1.81 bits per heavy atom. The van der Waals surface area contributed by atoms with Gasteiger partial charge >= 0.3 is 0 Å². The third-order valence-electron chi connectivity index (χ3n) is 6.53. The minimum absolute atomic E-state index is 0.113. The van der Waals surface area contributed by atoms with Crippen molar-refractivity contribution in [2.24, 2.45) is 0 Å². The molecule has 166 valence electrons. The van der Waals surface area contributed by atoms with E-state index in [0.29, 0.717) is 30.9 Å². The molecule has 2 aromatic rings. The van der Waals surface area contributed by atoms with Gasteiger partial charge < -0.3 is 29.5 Å². The molecular weight excluding hydrogens is 420 g/mol. The van der Waals surface area contributed by atoms with Crippen LogP contribution in [0.25, 0.3) is 0 Å². The van der Waals surface area contributed by atoms with E-state index in [0.717, 1.165) is 35.5 Å². The molecule has 3 aliphatic rings. The summed E-state index contributed by atoms with van der Waals surface area (Å²) in [6.45, 7) is 1.38. The van der Waals surface area contributed by atoms with Crippen LogP contribution in [0.1, 0.15) is 42.1 Å². The molecule has 1 unspecified atom stereocenters. The third-order valence-corrected chi connectivity index (χ3v) is 6.90. The van der Waals surface area contributed by atoms with Crippen molar-refractivity contribution in [1.29, 1.82) is 0 Å². The van der Waals surface area contributed by atoms with Gasteiger partial charge in [-0.1, -0.05) is 35.9 Å². The fourth-order valence-electron chi connectivity index (χ4n) is 4.48. The maximum absolute atomic E-state index is 10.5. The third kappa shape index (κ3) is 4.21. The van der Waals surface area contributed by atoms with E-state index in [1.165, 1.54) is 0 Å². The van der Waals surface area contributed by atoms with Crippen molar-refractivity contribution in [3.8, 4) is 5.75 Å². The molecular formula is C24H27ClO6. The van der Waals surface area contributed by atoms with Gasteiger partial charge in [-0.2, -0.15) is 0 Å². The number of halogens is 1. The van der Waals surface area contributed by atoms with Crippen LogP contribution >= 0.6 is 11.6 Å². The highest BCUT2D eigenvalue weighted by Crippen LogP contribution is 2.51. The molecule has 1 saturated carbocycles. The Balaban J connectivity index is 1.32. The van der Waals surface area contributed by atoms with Gasteiger partial charge in [0.05, 0.1) is 18.8 Å². The van der Waals surface area contributed by atoms with Crippen LogP contribution in [-0.2, 0) is 15.9 Å². The molecule has 1 aliphatic carbocycles. The summed E-state index contributed by atoms with van der Waals surface area (Å²) in [6.07, 6.45) is -1.23. The highest BCUT2D eigenvalue weighted by molar-refractivity contribution is 6.31. The van der Waals surface area contributed by atoms with Crippen molar-refractivity contribution in [3.63, 3.8) is 0 Å². The fourth-order valence-corrected chi connectivity index (χ4v) is 4.67. The second-order valence-corrected chi connectivity index (χ2v) is 9.21. The molecule has 7 heteroatoms. The standard InChI is InChI=1S/C24H27ClO6/c25-19-6-3-15(22-20(26)21(27)23(28)24(31-22)8-9-24)12-16(19)11-14-1-4-17(5-2-14)30-18-7-10-29-13-18/h1-6,12,18,20-23,26-28H,7-11,13H2/t18?,20-,21-,22+,23+/m1/s1. The summed E-state index contributed by atoms with van der Waals surface area (Å²) in [5.74, 6) is 0.820. The zero-order valence-electron chi connectivity index (χ0n) is 17.1. The van der Waals surface area contributed by atoms with Gasteiger partial charge in [-0.3, -0.25) is 0 Å². The van der Waals surface area contributed by atoms with Gasteiger partial charge in [0.15, 0.2) is 0 Å². The number of ether oxygens (including phenoxy) is 3. The van der Waals surface area contributed by atoms with E-state index in [9.17, 15) is 15.3 Å². The Hall–Kier alpha value is -1.67. The number of benzene rings is 2. The summed E-state index contributed by atoms with van der Waals surface area (Å²) >= 11 is 6.46. The summed E-state index contributed by atoms with van der Waals surface area (Å²) < 4.78 is 17.3. The van der Waals surface area contributed by atoms with Crippen LogP contribution in [0.4, 0.5) is 0 Å². The average Bonchev–Trinajstić information content (AvgIpc) is 3.37. The molecule has 3 fully saturated rings. The maximum Gasteiger partial charge on any atom is 0.124 e. The SMILES string of the molecule is O[C@@H]1[C@@H](O)[C@H](O)C2(CC2)O[C@H]1c1ccc(Cl)c(Cc2ccc(OC3CCOC3)cc2)c1. The van der Waals surface area contributed by atoms with Gasteiger partial charge in [-0.15, -0.1) is 0 Å². The lowest BCUT2D eigenvalue weighted by Crippen LogP contribution is -2.55.